The molecule has 1 aromatic rings. The number of nitrogens with zero attached hydrogens (tertiary/aromatic N) is 1. The van der Waals surface area contributed by atoms with Gasteiger partial charge in [0.2, 0.25) is 0 Å². The fourth-order valence-corrected chi connectivity index (χ4v) is 2.13. The number of fused-ring (bicyclic) bond motifs is 1. The van der Waals surface area contributed by atoms with E-state index in [2.05, 4.69) is 24.3 Å². The molecule has 16 heavy (non-hydrogen) atoms. The zero-order chi connectivity index (χ0) is 11.2. The van der Waals surface area contributed by atoms with E-state index in [1.165, 1.54) is 30.4 Å². The highest BCUT2D eigenvalue weighted by Crippen LogP contribution is 2.26. The van der Waals surface area contributed by atoms with E-state index in [4.69, 9.17) is 10.00 Å². The molecule has 1 aliphatic rings. The summed E-state index contributed by atoms with van der Waals surface area (Å²) in [6.07, 6.45) is 6.22. The second-order valence-electron chi connectivity index (χ2n) is 4.25. The molecule has 0 saturated carbocycles. The molecule has 0 fully saturated rings. The van der Waals surface area contributed by atoms with Gasteiger partial charge in [0.25, 0.3) is 0 Å². The molecule has 0 atom stereocenters. The first-order valence-corrected chi connectivity index (χ1v) is 6.02. The Morgan fingerprint density at radius 2 is 2.06 bits per heavy atom. The minimum Gasteiger partial charge on any atom is -0.494 e. The zero-order valence-electron chi connectivity index (χ0n) is 9.54. The summed E-state index contributed by atoms with van der Waals surface area (Å²) in [7, 11) is 0. The first-order chi connectivity index (χ1) is 7.90. The van der Waals surface area contributed by atoms with Crippen molar-refractivity contribution in [3.63, 3.8) is 0 Å². The Hall–Kier alpha value is -1.49. The lowest BCUT2D eigenvalue weighted by Crippen LogP contribution is -1.97. The van der Waals surface area contributed by atoms with Crippen molar-refractivity contribution < 1.29 is 4.74 Å². The van der Waals surface area contributed by atoms with Gasteiger partial charge in [0, 0.05) is 6.42 Å². The van der Waals surface area contributed by atoms with Crippen LogP contribution in [0.1, 0.15) is 36.8 Å². The van der Waals surface area contributed by atoms with Crippen molar-refractivity contribution in [3.8, 4) is 11.8 Å². The van der Waals surface area contributed by atoms with E-state index in [0.29, 0.717) is 6.42 Å². The summed E-state index contributed by atoms with van der Waals surface area (Å²) >= 11 is 0. The highest BCUT2D eigenvalue weighted by atomic mass is 16.5. The maximum absolute atomic E-state index is 8.40. The fourth-order valence-electron chi connectivity index (χ4n) is 2.13. The fraction of sp³-hybridized carbons (Fsp3) is 0.500. The van der Waals surface area contributed by atoms with E-state index >= 15 is 0 Å². The number of unbranched alkanes of at least 4 members (excludes halogenated alkanes) is 2. The van der Waals surface area contributed by atoms with E-state index in [1.807, 2.05) is 0 Å². The summed E-state index contributed by atoms with van der Waals surface area (Å²) in [5.41, 5.74) is 2.94. The topological polar surface area (TPSA) is 33.0 Å². The molecule has 0 radical (unpaired) electrons. The van der Waals surface area contributed by atoms with Crippen LogP contribution < -0.4 is 4.74 Å². The lowest BCUT2D eigenvalue weighted by molar-refractivity contribution is 0.307. The zero-order valence-corrected chi connectivity index (χ0v) is 9.54. The van der Waals surface area contributed by atoms with Crippen molar-refractivity contribution in [2.75, 3.05) is 6.61 Å². The maximum Gasteiger partial charge on any atom is 0.119 e. The normalized spacial score (nSPS) is 13.2. The number of rotatable bonds is 5. The van der Waals surface area contributed by atoms with Crippen LogP contribution in [0.15, 0.2) is 18.2 Å². The largest absolute Gasteiger partial charge is 0.494 e. The molecule has 0 heterocycles. The Kier molecular flexibility index (Phi) is 3.82. The molecule has 0 saturated heterocycles. The average molecular weight is 215 g/mol. The maximum atomic E-state index is 8.40. The average Bonchev–Trinajstić information content (AvgIpc) is 2.76. The summed E-state index contributed by atoms with van der Waals surface area (Å²) < 4.78 is 5.67. The summed E-state index contributed by atoms with van der Waals surface area (Å²) in [5, 5.41) is 8.40. The summed E-state index contributed by atoms with van der Waals surface area (Å²) in [4.78, 5) is 0. The lowest BCUT2D eigenvalue weighted by Gasteiger charge is -2.07. The molecule has 2 heteroatoms. The van der Waals surface area contributed by atoms with Gasteiger partial charge < -0.3 is 4.74 Å². The van der Waals surface area contributed by atoms with Crippen molar-refractivity contribution in [3.05, 3.63) is 29.3 Å². The van der Waals surface area contributed by atoms with Gasteiger partial charge in [-0.3, -0.25) is 0 Å². The van der Waals surface area contributed by atoms with Crippen LogP contribution in [0.25, 0.3) is 0 Å². The van der Waals surface area contributed by atoms with Crippen LogP contribution >= 0.6 is 0 Å². The Morgan fingerprint density at radius 1 is 1.19 bits per heavy atom. The number of hydrogen-bond acceptors (Lipinski definition) is 2. The van der Waals surface area contributed by atoms with E-state index in [-0.39, 0.29) is 0 Å². The van der Waals surface area contributed by atoms with Crippen molar-refractivity contribution in [2.24, 2.45) is 0 Å². The Morgan fingerprint density at radius 3 is 2.94 bits per heavy atom. The Labute approximate surface area is 96.9 Å². The van der Waals surface area contributed by atoms with Gasteiger partial charge in [-0.25, -0.2) is 0 Å². The third kappa shape index (κ3) is 2.76. The van der Waals surface area contributed by atoms with E-state index in [1.54, 1.807) is 0 Å². The van der Waals surface area contributed by atoms with Crippen LogP contribution in [0.2, 0.25) is 0 Å². The molecule has 1 aromatic carbocycles. The van der Waals surface area contributed by atoms with Crippen LogP contribution in [-0.2, 0) is 12.8 Å². The van der Waals surface area contributed by atoms with Crippen LogP contribution in [0.5, 0.6) is 5.75 Å². The molecule has 1 aliphatic carbocycles. The summed E-state index contributed by atoms with van der Waals surface area (Å²) in [6.45, 7) is 0.723. The van der Waals surface area contributed by atoms with Gasteiger partial charge in [-0.1, -0.05) is 6.07 Å². The van der Waals surface area contributed by atoms with Crippen LogP contribution in [0.3, 0.4) is 0 Å². The van der Waals surface area contributed by atoms with Gasteiger partial charge in [0.05, 0.1) is 12.7 Å². The SMILES string of the molecule is N#CCCCCOc1ccc2c(c1)CCC2. The molecule has 2 rings (SSSR count). The standard InChI is InChI=1S/C14H17NO/c15-9-2-1-3-10-16-14-8-7-12-5-4-6-13(12)11-14/h7-8,11H,1-6,10H2. The van der Waals surface area contributed by atoms with Crippen LogP contribution in [0, 0.1) is 11.3 Å². The monoisotopic (exact) mass is 215 g/mol. The van der Waals surface area contributed by atoms with Crippen LogP contribution in [0.4, 0.5) is 0 Å². The van der Waals surface area contributed by atoms with Gasteiger partial charge in [0.1, 0.15) is 5.75 Å². The first-order valence-electron chi connectivity index (χ1n) is 6.02. The van der Waals surface area contributed by atoms with Crippen molar-refractivity contribution in [2.45, 2.75) is 38.5 Å². The van der Waals surface area contributed by atoms with Gasteiger partial charge >= 0.3 is 0 Å². The molecule has 0 bridgehead atoms. The molecule has 0 amide bonds. The molecule has 0 aliphatic heterocycles. The van der Waals surface area contributed by atoms with Gasteiger partial charge in [-0.15, -0.1) is 0 Å². The van der Waals surface area contributed by atoms with Gasteiger partial charge in [0.15, 0.2) is 0 Å². The number of nitriles is 1. The first kappa shape index (κ1) is 11.0. The van der Waals surface area contributed by atoms with Crippen molar-refractivity contribution in [1.82, 2.24) is 0 Å². The minimum absolute atomic E-state index is 0.632. The minimum atomic E-state index is 0.632. The molecule has 84 valence electrons. The van der Waals surface area contributed by atoms with E-state index in [0.717, 1.165) is 25.2 Å². The molecule has 0 unspecified atom stereocenters. The lowest BCUT2D eigenvalue weighted by atomic mass is 10.1. The predicted octanol–water partition coefficient (Wildman–Crippen LogP) is 3.25. The summed E-state index contributed by atoms with van der Waals surface area (Å²) in [6, 6.07) is 8.57. The number of hydrogen-bond donors (Lipinski definition) is 0. The Bertz CT molecular complexity index is 392. The quantitative estimate of drug-likeness (QED) is 0.706. The molecule has 2 nitrogen and oxygen atoms in total. The second kappa shape index (κ2) is 5.55. The third-order valence-electron chi connectivity index (χ3n) is 3.02. The number of benzene rings is 1. The highest BCUT2D eigenvalue weighted by molar-refractivity contribution is 5.38. The third-order valence-corrected chi connectivity index (χ3v) is 3.02. The molecular weight excluding hydrogens is 198 g/mol. The highest BCUT2D eigenvalue weighted by Gasteiger charge is 2.10. The number of aryl methyl sites for hydroxylation is 2. The molecule has 0 spiro atoms. The molecular formula is C14H17NO. The molecule has 0 aromatic heterocycles. The van der Waals surface area contributed by atoms with E-state index < -0.39 is 0 Å². The second-order valence-corrected chi connectivity index (χ2v) is 4.25. The van der Waals surface area contributed by atoms with Crippen molar-refractivity contribution >= 4 is 0 Å². The predicted molar refractivity (Wildman–Crippen MR) is 63.4 cm³/mol. The smallest absolute Gasteiger partial charge is 0.119 e. The Balaban J connectivity index is 1.80. The van der Waals surface area contributed by atoms with Gasteiger partial charge in [-0.05, 0) is 55.4 Å². The molecule has 0 N–H and O–H groups in total. The van der Waals surface area contributed by atoms with Crippen LogP contribution in [-0.4, -0.2) is 6.61 Å². The number of ether oxygens (including phenoxy) is 1. The van der Waals surface area contributed by atoms with E-state index in [9.17, 15) is 0 Å². The van der Waals surface area contributed by atoms with Crippen molar-refractivity contribution in [1.29, 1.82) is 5.26 Å². The summed E-state index contributed by atoms with van der Waals surface area (Å²) in [5.74, 6) is 0.984. The van der Waals surface area contributed by atoms with Gasteiger partial charge in [-0.2, -0.15) is 5.26 Å².